The van der Waals surface area contributed by atoms with Crippen molar-refractivity contribution in [1.29, 1.82) is 0 Å². The average Bonchev–Trinajstić information content (AvgIpc) is 2.66. The molecule has 0 fully saturated rings. The first-order valence-electron chi connectivity index (χ1n) is 9.55. The van der Waals surface area contributed by atoms with Gasteiger partial charge in [0.1, 0.15) is 12.4 Å². The molecule has 2 rings (SSSR count). The number of halogens is 2. The van der Waals surface area contributed by atoms with Gasteiger partial charge in [0, 0.05) is 6.54 Å². The van der Waals surface area contributed by atoms with Crippen LogP contribution in [0.1, 0.15) is 56.6 Å². The number of nitrogens with one attached hydrogen (secondary N) is 1. The van der Waals surface area contributed by atoms with E-state index < -0.39 is 0 Å². The molecule has 0 saturated heterocycles. The maximum absolute atomic E-state index is 6.02. The van der Waals surface area contributed by atoms with Crippen molar-refractivity contribution in [3.8, 4) is 5.75 Å². The zero-order valence-corrected chi connectivity index (χ0v) is 17.1. The second-order valence-electron chi connectivity index (χ2n) is 6.63. The van der Waals surface area contributed by atoms with E-state index in [0.717, 1.165) is 24.4 Å². The van der Waals surface area contributed by atoms with Crippen LogP contribution in [0.5, 0.6) is 5.75 Å². The largest absolute Gasteiger partial charge is 0.489 e. The van der Waals surface area contributed by atoms with Crippen LogP contribution in [0.2, 0.25) is 10.0 Å². The average molecular weight is 394 g/mol. The van der Waals surface area contributed by atoms with E-state index in [1.54, 1.807) is 6.07 Å². The van der Waals surface area contributed by atoms with Gasteiger partial charge in [0.25, 0.3) is 0 Å². The first kappa shape index (κ1) is 21.1. The lowest BCUT2D eigenvalue weighted by molar-refractivity contribution is 0.306. The topological polar surface area (TPSA) is 21.3 Å². The summed E-state index contributed by atoms with van der Waals surface area (Å²) in [6.07, 6.45) is 8.00. The Morgan fingerprint density at radius 1 is 0.808 bits per heavy atom. The van der Waals surface area contributed by atoms with Crippen molar-refractivity contribution in [2.75, 3.05) is 6.54 Å². The van der Waals surface area contributed by atoms with Crippen LogP contribution in [-0.2, 0) is 13.2 Å². The first-order chi connectivity index (χ1) is 12.7. The predicted molar refractivity (Wildman–Crippen MR) is 112 cm³/mol. The maximum Gasteiger partial charge on any atom is 0.119 e. The molecule has 0 aliphatic rings. The van der Waals surface area contributed by atoms with Gasteiger partial charge in [0.2, 0.25) is 0 Å². The third-order valence-corrected chi connectivity index (χ3v) is 5.09. The molecule has 0 atom stereocenters. The molecule has 0 aliphatic carbocycles. The van der Waals surface area contributed by atoms with Crippen LogP contribution in [0.4, 0.5) is 0 Å². The summed E-state index contributed by atoms with van der Waals surface area (Å²) < 4.78 is 5.81. The number of rotatable bonds is 12. The minimum Gasteiger partial charge on any atom is -0.489 e. The molecule has 0 radical (unpaired) electrons. The molecule has 1 N–H and O–H groups in total. The highest BCUT2D eigenvalue weighted by Crippen LogP contribution is 2.23. The smallest absolute Gasteiger partial charge is 0.119 e. The Labute approximate surface area is 167 Å². The SMILES string of the molecule is CCCCCCCCNCc1ccc(OCc2ccc(Cl)c(Cl)c2)cc1. The Morgan fingerprint density at radius 2 is 1.50 bits per heavy atom. The molecule has 0 unspecified atom stereocenters. The van der Waals surface area contributed by atoms with E-state index in [1.165, 1.54) is 44.1 Å². The number of hydrogen-bond acceptors (Lipinski definition) is 2. The van der Waals surface area contributed by atoms with Crippen LogP contribution in [0.25, 0.3) is 0 Å². The van der Waals surface area contributed by atoms with E-state index in [4.69, 9.17) is 27.9 Å². The fourth-order valence-electron chi connectivity index (χ4n) is 2.76. The number of ether oxygens (including phenoxy) is 1. The summed E-state index contributed by atoms with van der Waals surface area (Å²) >= 11 is 12.0. The number of unbranched alkanes of at least 4 members (excludes halogenated alkanes) is 5. The van der Waals surface area contributed by atoms with Crippen LogP contribution in [-0.4, -0.2) is 6.54 Å². The molecule has 0 amide bonds. The van der Waals surface area contributed by atoms with Crippen LogP contribution < -0.4 is 10.1 Å². The lowest BCUT2D eigenvalue weighted by Crippen LogP contribution is -2.14. The van der Waals surface area contributed by atoms with Crippen LogP contribution >= 0.6 is 23.2 Å². The molecule has 2 aromatic carbocycles. The van der Waals surface area contributed by atoms with E-state index in [0.29, 0.717) is 16.7 Å². The third kappa shape index (κ3) is 7.99. The predicted octanol–water partition coefficient (Wildman–Crippen LogP) is 7.02. The van der Waals surface area contributed by atoms with E-state index >= 15 is 0 Å². The van der Waals surface area contributed by atoms with E-state index in [9.17, 15) is 0 Å². The second kappa shape index (κ2) is 12.2. The summed E-state index contributed by atoms with van der Waals surface area (Å²) in [5.41, 5.74) is 2.28. The zero-order valence-electron chi connectivity index (χ0n) is 15.6. The van der Waals surface area contributed by atoms with Crippen molar-refractivity contribution < 1.29 is 4.74 Å². The van der Waals surface area contributed by atoms with Gasteiger partial charge < -0.3 is 10.1 Å². The van der Waals surface area contributed by atoms with Gasteiger partial charge in [0.15, 0.2) is 0 Å². The molecule has 0 aliphatic heterocycles. The Bertz CT molecular complexity index is 643. The maximum atomic E-state index is 6.02. The number of hydrogen-bond donors (Lipinski definition) is 1. The fourth-order valence-corrected chi connectivity index (χ4v) is 3.08. The molecule has 0 saturated carbocycles. The van der Waals surface area contributed by atoms with E-state index in [2.05, 4.69) is 24.4 Å². The van der Waals surface area contributed by atoms with E-state index in [-0.39, 0.29) is 0 Å². The summed E-state index contributed by atoms with van der Waals surface area (Å²) in [4.78, 5) is 0. The summed E-state index contributed by atoms with van der Waals surface area (Å²) in [5.74, 6) is 0.857. The van der Waals surface area contributed by atoms with Crippen molar-refractivity contribution >= 4 is 23.2 Å². The van der Waals surface area contributed by atoms with Gasteiger partial charge in [-0.3, -0.25) is 0 Å². The highest BCUT2D eigenvalue weighted by Gasteiger charge is 2.01. The molecular formula is C22H29Cl2NO. The fraction of sp³-hybridized carbons (Fsp3) is 0.455. The molecule has 142 valence electrons. The van der Waals surface area contributed by atoms with Gasteiger partial charge in [-0.25, -0.2) is 0 Å². The highest BCUT2D eigenvalue weighted by molar-refractivity contribution is 6.42. The number of benzene rings is 2. The summed E-state index contributed by atoms with van der Waals surface area (Å²) in [6, 6.07) is 13.8. The van der Waals surface area contributed by atoms with Crippen molar-refractivity contribution in [3.05, 3.63) is 63.6 Å². The quantitative estimate of drug-likeness (QED) is 0.391. The standard InChI is InChI=1S/C22H29Cl2NO/c1-2-3-4-5-6-7-14-25-16-18-8-11-20(12-9-18)26-17-19-10-13-21(23)22(24)15-19/h8-13,15,25H,2-7,14,16-17H2,1H3. The van der Waals surface area contributed by atoms with Gasteiger partial charge in [-0.1, -0.05) is 80.4 Å². The lowest BCUT2D eigenvalue weighted by Gasteiger charge is -2.09. The van der Waals surface area contributed by atoms with Gasteiger partial charge in [-0.15, -0.1) is 0 Å². The van der Waals surface area contributed by atoms with Gasteiger partial charge >= 0.3 is 0 Å². The Balaban J connectivity index is 1.64. The van der Waals surface area contributed by atoms with Gasteiger partial charge in [-0.05, 0) is 48.4 Å². The second-order valence-corrected chi connectivity index (χ2v) is 7.44. The van der Waals surface area contributed by atoms with Gasteiger partial charge in [0.05, 0.1) is 10.0 Å². The normalized spacial score (nSPS) is 10.9. The van der Waals surface area contributed by atoms with Crippen LogP contribution in [0.15, 0.2) is 42.5 Å². The Kier molecular flexibility index (Phi) is 9.91. The molecule has 0 bridgehead atoms. The third-order valence-electron chi connectivity index (χ3n) is 4.35. The van der Waals surface area contributed by atoms with Crippen molar-refractivity contribution in [3.63, 3.8) is 0 Å². The van der Waals surface area contributed by atoms with Crippen LogP contribution in [0, 0.1) is 0 Å². The highest BCUT2D eigenvalue weighted by atomic mass is 35.5. The molecule has 0 aromatic heterocycles. The van der Waals surface area contributed by atoms with Crippen molar-refractivity contribution in [2.45, 2.75) is 58.6 Å². The zero-order chi connectivity index (χ0) is 18.6. The van der Waals surface area contributed by atoms with Crippen molar-refractivity contribution in [1.82, 2.24) is 5.32 Å². The molecule has 0 spiro atoms. The van der Waals surface area contributed by atoms with Gasteiger partial charge in [-0.2, -0.15) is 0 Å². The van der Waals surface area contributed by atoms with Crippen molar-refractivity contribution in [2.24, 2.45) is 0 Å². The Hall–Kier alpha value is -1.22. The molecule has 0 heterocycles. The van der Waals surface area contributed by atoms with Crippen LogP contribution in [0.3, 0.4) is 0 Å². The molecule has 4 heteroatoms. The van der Waals surface area contributed by atoms with E-state index in [1.807, 2.05) is 24.3 Å². The lowest BCUT2D eigenvalue weighted by atomic mass is 10.1. The molecule has 2 nitrogen and oxygen atoms in total. The summed E-state index contributed by atoms with van der Waals surface area (Å²) in [6.45, 7) is 4.72. The molecule has 26 heavy (non-hydrogen) atoms. The Morgan fingerprint density at radius 3 is 2.23 bits per heavy atom. The monoisotopic (exact) mass is 393 g/mol. The minimum atomic E-state index is 0.479. The summed E-state index contributed by atoms with van der Waals surface area (Å²) in [5, 5.41) is 4.63. The molecular weight excluding hydrogens is 365 g/mol. The summed E-state index contributed by atoms with van der Waals surface area (Å²) in [7, 11) is 0. The first-order valence-corrected chi connectivity index (χ1v) is 10.3. The molecule has 2 aromatic rings. The minimum absolute atomic E-state index is 0.479.